The van der Waals surface area contributed by atoms with Gasteiger partial charge < -0.3 is 9.64 Å². The monoisotopic (exact) mass is 303 g/mol. The zero-order valence-electron chi connectivity index (χ0n) is 14.0. The zero-order chi connectivity index (χ0) is 15.1. The Morgan fingerprint density at radius 1 is 1.05 bits per heavy atom. The molecule has 5 unspecified atom stereocenters. The molecule has 5 atom stereocenters. The molecule has 0 amide bonds. The van der Waals surface area contributed by atoms with Crippen LogP contribution in [-0.2, 0) is 9.53 Å². The predicted octanol–water partition coefficient (Wildman–Crippen LogP) is 3.09. The fraction of sp³-hybridized carbons (Fsp3) is 0.947. The van der Waals surface area contributed by atoms with Crippen molar-refractivity contribution < 1.29 is 9.53 Å². The average molecular weight is 303 g/mol. The van der Waals surface area contributed by atoms with Gasteiger partial charge >= 0.3 is 5.97 Å². The number of rotatable bonds is 2. The molecule has 0 aromatic heterocycles. The maximum atomic E-state index is 12.5. The molecule has 3 nitrogen and oxygen atoms in total. The first kappa shape index (κ1) is 13.8. The van der Waals surface area contributed by atoms with Crippen LogP contribution in [0.15, 0.2) is 0 Å². The number of esters is 1. The summed E-state index contributed by atoms with van der Waals surface area (Å²) in [5.74, 6) is 2.32. The summed E-state index contributed by atoms with van der Waals surface area (Å²) >= 11 is 0. The van der Waals surface area contributed by atoms with Crippen LogP contribution in [0.25, 0.3) is 0 Å². The lowest BCUT2D eigenvalue weighted by atomic mass is 9.73. The maximum Gasteiger partial charge on any atom is 0.310 e. The predicted molar refractivity (Wildman–Crippen MR) is 84.2 cm³/mol. The summed E-state index contributed by atoms with van der Waals surface area (Å²) in [6.07, 6.45) is 11.4. The Labute approximate surface area is 133 Å². The second kappa shape index (κ2) is 4.28. The molecule has 2 spiro atoms. The molecular weight excluding hydrogens is 274 g/mol. The second-order valence-corrected chi connectivity index (χ2v) is 9.37. The van der Waals surface area contributed by atoms with Crippen LogP contribution in [0, 0.1) is 34.5 Å². The van der Waals surface area contributed by atoms with Crippen molar-refractivity contribution in [1.29, 1.82) is 0 Å². The van der Waals surface area contributed by atoms with E-state index >= 15 is 0 Å². The minimum Gasteiger partial charge on any atom is -0.461 e. The number of carbonyl (C=O) groups excluding carboxylic acids is 1. The third-order valence-electron chi connectivity index (χ3n) is 8.05. The van der Waals surface area contributed by atoms with Gasteiger partial charge in [0, 0.05) is 18.4 Å². The molecule has 4 aliphatic carbocycles. The lowest BCUT2D eigenvalue weighted by Gasteiger charge is -2.33. The van der Waals surface area contributed by atoms with Gasteiger partial charge in [-0.3, -0.25) is 4.79 Å². The third-order valence-corrected chi connectivity index (χ3v) is 8.05. The highest BCUT2D eigenvalue weighted by Gasteiger charge is 2.69. The molecular formula is C19H29NO2. The van der Waals surface area contributed by atoms with Gasteiger partial charge in [-0.25, -0.2) is 0 Å². The average Bonchev–Trinajstić information content (AvgIpc) is 3.34. The van der Waals surface area contributed by atoms with Crippen LogP contribution in [0.3, 0.4) is 0 Å². The SMILES string of the molecule is CN(C)CC1C(=O)OC2C1CCC1(CC1)C1CCC3(CC3)C21. The van der Waals surface area contributed by atoms with Crippen molar-refractivity contribution in [3.8, 4) is 0 Å². The van der Waals surface area contributed by atoms with Crippen molar-refractivity contribution in [1.82, 2.24) is 4.90 Å². The van der Waals surface area contributed by atoms with Crippen LogP contribution in [0.4, 0.5) is 0 Å². The van der Waals surface area contributed by atoms with Crippen molar-refractivity contribution in [2.24, 2.45) is 34.5 Å². The molecule has 0 N–H and O–H groups in total. The molecule has 4 saturated carbocycles. The van der Waals surface area contributed by atoms with Gasteiger partial charge in [0.25, 0.3) is 0 Å². The molecule has 1 heterocycles. The summed E-state index contributed by atoms with van der Waals surface area (Å²) in [6, 6.07) is 0. The highest BCUT2D eigenvalue weighted by molar-refractivity contribution is 5.75. The molecule has 1 saturated heterocycles. The molecule has 5 rings (SSSR count). The molecule has 5 aliphatic rings. The van der Waals surface area contributed by atoms with E-state index in [9.17, 15) is 4.79 Å². The second-order valence-electron chi connectivity index (χ2n) is 9.37. The van der Waals surface area contributed by atoms with Gasteiger partial charge in [-0.2, -0.15) is 0 Å². The number of nitrogens with zero attached hydrogens (tertiary/aromatic N) is 1. The fourth-order valence-corrected chi connectivity index (χ4v) is 6.67. The summed E-state index contributed by atoms with van der Waals surface area (Å²) < 4.78 is 6.10. The van der Waals surface area contributed by atoms with Gasteiger partial charge in [0.05, 0.1) is 5.92 Å². The minimum absolute atomic E-state index is 0.108. The topological polar surface area (TPSA) is 29.5 Å². The number of ether oxygens (including phenoxy) is 1. The Morgan fingerprint density at radius 2 is 1.73 bits per heavy atom. The van der Waals surface area contributed by atoms with E-state index in [-0.39, 0.29) is 18.0 Å². The van der Waals surface area contributed by atoms with E-state index in [0.29, 0.717) is 22.7 Å². The standard InChI is InChI=1S/C19H29NO2/c1-20(2)11-13-12-3-5-18(7-8-18)14-4-6-19(9-10-19)15(14)16(12)22-17(13)21/h12-16H,3-11H2,1-2H3. The van der Waals surface area contributed by atoms with Gasteiger partial charge in [-0.1, -0.05) is 0 Å². The molecule has 5 fully saturated rings. The minimum atomic E-state index is 0.108. The van der Waals surface area contributed by atoms with E-state index in [4.69, 9.17) is 4.74 Å². The molecule has 122 valence electrons. The number of carbonyl (C=O) groups is 1. The highest BCUT2D eigenvalue weighted by atomic mass is 16.6. The Balaban J connectivity index is 1.50. The van der Waals surface area contributed by atoms with Crippen molar-refractivity contribution in [3.63, 3.8) is 0 Å². The van der Waals surface area contributed by atoms with Crippen molar-refractivity contribution >= 4 is 5.97 Å². The molecule has 0 aromatic carbocycles. The Kier molecular flexibility index (Phi) is 2.69. The van der Waals surface area contributed by atoms with Crippen LogP contribution >= 0.6 is 0 Å². The smallest absolute Gasteiger partial charge is 0.310 e. The zero-order valence-corrected chi connectivity index (χ0v) is 14.0. The van der Waals surface area contributed by atoms with Gasteiger partial charge in [-0.05, 0) is 82.2 Å². The summed E-state index contributed by atoms with van der Waals surface area (Å²) in [4.78, 5) is 14.7. The van der Waals surface area contributed by atoms with Crippen molar-refractivity contribution in [2.75, 3.05) is 20.6 Å². The van der Waals surface area contributed by atoms with Gasteiger partial charge in [-0.15, -0.1) is 0 Å². The van der Waals surface area contributed by atoms with Crippen LogP contribution in [0.2, 0.25) is 0 Å². The van der Waals surface area contributed by atoms with Crippen LogP contribution < -0.4 is 0 Å². The summed E-state index contributed by atoms with van der Waals surface area (Å²) in [7, 11) is 4.17. The van der Waals surface area contributed by atoms with E-state index in [0.717, 1.165) is 12.5 Å². The molecule has 0 radical (unpaired) electrons. The van der Waals surface area contributed by atoms with E-state index < -0.39 is 0 Å². The number of hydrogen-bond acceptors (Lipinski definition) is 3. The number of hydrogen-bond donors (Lipinski definition) is 0. The first-order valence-electron chi connectivity index (χ1n) is 9.40. The Morgan fingerprint density at radius 3 is 2.36 bits per heavy atom. The van der Waals surface area contributed by atoms with Crippen LogP contribution in [0.1, 0.15) is 51.4 Å². The Bertz CT molecular complexity index is 506. The summed E-state index contributed by atoms with van der Waals surface area (Å²) in [5, 5.41) is 0. The quantitative estimate of drug-likeness (QED) is 0.734. The van der Waals surface area contributed by atoms with E-state index in [1.165, 1.54) is 51.4 Å². The fourth-order valence-electron chi connectivity index (χ4n) is 6.67. The molecule has 0 bridgehead atoms. The highest BCUT2D eigenvalue weighted by Crippen LogP contribution is 2.74. The van der Waals surface area contributed by atoms with Gasteiger partial charge in [0.1, 0.15) is 6.10 Å². The lowest BCUT2D eigenvalue weighted by Crippen LogP contribution is -2.36. The molecule has 1 aliphatic heterocycles. The summed E-state index contributed by atoms with van der Waals surface area (Å²) in [6.45, 7) is 0.872. The van der Waals surface area contributed by atoms with E-state index in [2.05, 4.69) is 19.0 Å². The third kappa shape index (κ3) is 1.75. The van der Waals surface area contributed by atoms with Crippen molar-refractivity contribution in [3.05, 3.63) is 0 Å². The number of fused-ring (bicyclic) bond motifs is 5. The van der Waals surface area contributed by atoms with Crippen LogP contribution in [0.5, 0.6) is 0 Å². The summed E-state index contributed by atoms with van der Waals surface area (Å²) in [5.41, 5.74) is 1.25. The van der Waals surface area contributed by atoms with Crippen LogP contribution in [-0.4, -0.2) is 37.6 Å². The van der Waals surface area contributed by atoms with Gasteiger partial charge in [0.15, 0.2) is 0 Å². The van der Waals surface area contributed by atoms with E-state index in [1.54, 1.807) is 0 Å². The molecule has 22 heavy (non-hydrogen) atoms. The lowest BCUT2D eigenvalue weighted by molar-refractivity contribution is -0.147. The first-order valence-corrected chi connectivity index (χ1v) is 9.40. The van der Waals surface area contributed by atoms with Crippen molar-refractivity contribution in [2.45, 2.75) is 57.5 Å². The maximum absolute atomic E-state index is 12.5. The largest absolute Gasteiger partial charge is 0.461 e. The van der Waals surface area contributed by atoms with Gasteiger partial charge in [0.2, 0.25) is 0 Å². The molecule has 0 aromatic rings. The first-order chi connectivity index (χ1) is 10.5. The molecule has 3 heteroatoms. The Hall–Kier alpha value is -0.570. The van der Waals surface area contributed by atoms with E-state index in [1.807, 2.05) is 0 Å². The normalized spacial score (nSPS) is 46.5.